The highest BCUT2D eigenvalue weighted by atomic mass is 31.2. The number of carbonyl (C=O) groups excluding carboxylic acids is 2. The quantitative estimate of drug-likeness (QED) is 0.0182. The maximum atomic E-state index is 12.5. The number of hydrogen-bond acceptors (Lipinski definition) is 9. The number of hydrogen-bond donors (Lipinski definition) is 3. The van der Waals surface area contributed by atoms with Crippen LogP contribution in [0.4, 0.5) is 0 Å². The van der Waals surface area contributed by atoms with Gasteiger partial charge >= 0.3 is 19.8 Å². The Morgan fingerprint density at radius 2 is 0.962 bits per heavy atom. The van der Waals surface area contributed by atoms with Gasteiger partial charge in [0, 0.05) is 12.2 Å². The summed E-state index contributed by atoms with van der Waals surface area (Å²) < 4.78 is 32.3. The number of phosphoric ester groups is 1. The Balaban J connectivity index is 4.54. The lowest BCUT2D eigenvalue weighted by molar-refractivity contribution is -0.154. The second kappa shape index (κ2) is 38.2. The van der Waals surface area contributed by atoms with Crippen molar-refractivity contribution in [2.24, 2.45) is 0 Å². The summed E-state index contributed by atoms with van der Waals surface area (Å²) in [5, 5.41) is 18.3. The molecule has 0 saturated carbocycles. The number of esters is 2. The number of allylic oxidation sites excluding steroid dienone is 6. The standard InChI is InChI=1S/C42H75O10P/c1-3-5-7-9-11-13-15-17-19-21-23-25-27-29-31-33-41(45)49-37-40(38-51-53(47,48)50-36-39(44)35-43)52-42(46)34-32-30-28-26-24-22-20-18-16-14-12-10-8-6-4-2/h27-34,39-40,43-44H,3-26,35-38H2,1-2H3,(H,47,48)/b29-27+,30-28+,33-31+,34-32+/t39-,40+/m0/s1. The molecule has 0 aliphatic rings. The van der Waals surface area contributed by atoms with Crippen molar-refractivity contribution in [2.75, 3.05) is 26.4 Å². The van der Waals surface area contributed by atoms with Crippen LogP contribution in [0, 0.1) is 0 Å². The molecule has 0 spiro atoms. The molecule has 0 heterocycles. The summed E-state index contributed by atoms with van der Waals surface area (Å²) in [6, 6.07) is 0. The smallest absolute Gasteiger partial charge is 0.458 e. The van der Waals surface area contributed by atoms with E-state index in [4.69, 9.17) is 19.1 Å². The number of ether oxygens (including phenoxy) is 2. The molecule has 0 aromatic rings. The Labute approximate surface area is 322 Å². The van der Waals surface area contributed by atoms with Crippen molar-refractivity contribution in [3.8, 4) is 0 Å². The SMILES string of the molecule is CCCCCCCCCCCCC/C=C/C=C/C(=O)OC[C@H](COP(=O)(O)OC[C@@H](O)CO)OC(=O)/C=C/C=C/CCCCCCCCCCCCC. The van der Waals surface area contributed by atoms with Crippen LogP contribution in [0.25, 0.3) is 0 Å². The summed E-state index contributed by atoms with van der Waals surface area (Å²) in [4.78, 5) is 34.6. The molecule has 0 saturated heterocycles. The van der Waals surface area contributed by atoms with Gasteiger partial charge in [0.2, 0.25) is 0 Å². The first-order chi connectivity index (χ1) is 25.7. The highest BCUT2D eigenvalue weighted by molar-refractivity contribution is 7.47. The molecule has 10 nitrogen and oxygen atoms in total. The summed E-state index contributed by atoms with van der Waals surface area (Å²) in [6.07, 6.45) is 40.6. The third kappa shape index (κ3) is 38.0. The average molecular weight is 771 g/mol. The van der Waals surface area contributed by atoms with Gasteiger partial charge < -0.3 is 24.6 Å². The van der Waals surface area contributed by atoms with Crippen molar-refractivity contribution < 1.29 is 47.8 Å². The minimum atomic E-state index is -4.66. The van der Waals surface area contributed by atoms with Crippen LogP contribution in [0.15, 0.2) is 48.6 Å². The molecule has 308 valence electrons. The highest BCUT2D eigenvalue weighted by Crippen LogP contribution is 2.43. The molecule has 0 aliphatic carbocycles. The van der Waals surface area contributed by atoms with Gasteiger partial charge in [-0.2, -0.15) is 0 Å². The molecule has 0 rings (SSSR count). The number of unbranched alkanes of at least 4 members (excludes halogenated alkanes) is 22. The molecule has 3 atom stereocenters. The van der Waals surface area contributed by atoms with Crippen LogP contribution in [-0.2, 0) is 32.7 Å². The first kappa shape index (κ1) is 50.9. The lowest BCUT2D eigenvalue weighted by atomic mass is 10.1. The van der Waals surface area contributed by atoms with Crippen LogP contribution in [-0.4, -0.2) is 65.7 Å². The van der Waals surface area contributed by atoms with Crippen molar-refractivity contribution in [1.82, 2.24) is 0 Å². The number of rotatable bonds is 38. The third-order valence-corrected chi connectivity index (χ3v) is 9.62. The van der Waals surface area contributed by atoms with E-state index in [0.29, 0.717) is 0 Å². The summed E-state index contributed by atoms with van der Waals surface area (Å²) in [5.41, 5.74) is 0. The first-order valence-corrected chi connectivity index (χ1v) is 22.2. The molecule has 0 aromatic carbocycles. The van der Waals surface area contributed by atoms with E-state index in [-0.39, 0.29) is 0 Å². The maximum absolute atomic E-state index is 12.5. The molecule has 0 fully saturated rings. The normalized spacial score (nSPS) is 14.4. The van der Waals surface area contributed by atoms with Gasteiger partial charge in [-0.05, 0) is 25.7 Å². The zero-order valence-corrected chi connectivity index (χ0v) is 34.1. The minimum absolute atomic E-state index is 0.431. The predicted molar refractivity (Wildman–Crippen MR) is 214 cm³/mol. The number of phosphoric acid groups is 1. The second-order valence-corrected chi connectivity index (χ2v) is 15.3. The number of aliphatic hydroxyl groups excluding tert-OH is 2. The van der Waals surface area contributed by atoms with Crippen molar-refractivity contribution in [1.29, 1.82) is 0 Å². The van der Waals surface area contributed by atoms with E-state index in [0.717, 1.165) is 25.7 Å². The third-order valence-electron chi connectivity index (χ3n) is 8.67. The monoisotopic (exact) mass is 771 g/mol. The van der Waals surface area contributed by atoms with Gasteiger partial charge in [-0.1, -0.05) is 179 Å². The van der Waals surface area contributed by atoms with Gasteiger partial charge in [-0.15, -0.1) is 0 Å². The molecule has 0 bridgehead atoms. The summed E-state index contributed by atoms with van der Waals surface area (Å²) >= 11 is 0. The number of aliphatic hydroxyl groups is 2. The minimum Gasteiger partial charge on any atom is -0.458 e. The van der Waals surface area contributed by atoms with Gasteiger partial charge in [-0.3, -0.25) is 9.05 Å². The Morgan fingerprint density at radius 3 is 1.40 bits per heavy atom. The van der Waals surface area contributed by atoms with Crippen molar-refractivity contribution >= 4 is 19.8 Å². The molecule has 0 amide bonds. The van der Waals surface area contributed by atoms with E-state index in [1.807, 2.05) is 12.2 Å². The zero-order valence-electron chi connectivity index (χ0n) is 33.2. The first-order valence-electron chi connectivity index (χ1n) is 20.7. The van der Waals surface area contributed by atoms with Crippen LogP contribution in [0.1, 0.15) is 168 Å². The number of carbonyl (C=O) groups is 2. The lowest BCUT2D eigenvalue weighted by Gasteiger charge is -2.19. The largest absolute Gasteiger partial charge is 0.472 e. The molecular formula is C42H75O10P. The van der Waals surface area contributed by atoms with Crippen molar-refractivity contribution in [3.63, 3.8) is 0 Å². The highest BCUT2D eigenvalue weighted by Gasteiger charge is 2.26. The lowest BCUT2D eigenvalue weighted by Crippen LogP contribution is -2.29. The summed E-state index contributed by atoms with van der Waals surface area (Å²) in [5.74, 6) is -1.43. The van der Waals surface area contributed by atoms with Gasteiger partial charge in [0.25, 0.3) is 0 Å². The molecule has 11 heteroatoms. The van der Waals surface area contributed by atoms with Gasteiger partial charge in [-0.25, -0.2) is 14.2 Å². The fraction of sp³-hybridized carbons (Fsp3) is 0.762. The Bertz CT molecular complexity index is 1030. The molecule has 1 unspecified atom stereocenters. The van der Waals surface area contributed by atoms with Crippen LogP contribution in [0.3, 0.4) is 0 Å². The van der Waals surface area contributed by atoms with Crippen molar-refractivity contribution in [3.05, 3.63) is 48.6 Å². The van der Waals surface area contributed by atoms with Crippen molar-refractivity contribution in [2.45, 2.75) is 180 Å². The molecular weight excluding hydrogens is 695 g/mol. The molecule has 0 aromatic heterocycles. The van der Waals surface area contributed by atoms with Crippen LogP contribution in [0.2, 0.25) is 0 Å². The fourth-order valence-corrected chi connectivity index (χ4v) is 6.25. The summed E-state index contributed by atoms with van der Waals surface area (Å²) in [7, 11) is -4.66. The van der Waals surface area contributed by atoms with E-state index >= 15 is 0 Å². The van der Waals surface area contributed by atoms with E-state index in [1.54, 1.807) is 24.3 Å². The van der Waals surface area contributed by atoms with E-state index in [2.05, 4.69) is 18.4 Å². The Kier molecular flexibility index (Phi) is 36.7. The van der Waals surface area contributed by atoms with Crippen LogP contribution >= 0.6 is 7.82 Å². The van der Waals surface area contributed by atoms with Gasteiger partial charge in [0.15, 0.2) is 6.10 Å². The maximum Gasteiger partial charge on any atom is 0.472 e. The fourth-order valence-electron chi connectivity index (χ4n) is 5.46. The second-order valence-electron chi connectivity index (χ2n) is 13.8. The average Bonchev–Trinajstić information content (AvgIpc) is 3.14. The topological polar surface area (TPSA) is 149 Å². The van der Waals surface area contributed by atoms with Crippen LogP contribution < -0.4 is 0 Å². The van der Waals surface area contributed by atoms with E-state index in [1.165, 1.54) is 141 Å². The predicted octanol–water partition coefficient (Wildman–Crippen LogP) is 10.6. The zero-order chi connectivity index (χ0) is 39.1. The van der Waals surface area contributed by atoms with Crippen LogP contribution in [0.5, 0.6) is 0 Å². The van der Waals surface area contributed by atoms with Gasteiger partial charge in [0.05, 0.1) is 19.8 Å². The molecule has 3 N–H and O–H groups in total. The Morgan fingerprint density at radius 1 is 0.566 bits per heavy atom. The van der Waals surface area contributed by atoms with E-state index < -0.39 is 58.4 Å². The molecule has 0 aliphatic heterocycles. The van der Waals surface area contributed by atoms with E-state index in [9.17, 15) is 24.2 Å². The molecule has 0 radical (unpaired) electrons. The van der Waals surface area contributed by atoms with Gasteiger partial charge in [0.1, 0.15) is 12.7 Å². The summed E-state index contributed by atoms with van der Waals surface area (Å²) in [6.45, 7) is 2.12. The molecule has 53 heavy (non-hydrogen) atoms. The Hall–Kier alpha value is -2.07.